The SMILES string of the molecule is CC1=C2OCC(C)C2OC1. The maximum Gasteiger partial charge on any atom is 0.126 e. The van der Waals surface area contributed by atoms with Gasteiger partial charge in [0, 0.05) is 5.92 Å². The Bertz CT molecular complexity index is 184. The lowest BCUT2D eigenvalue weighted by molar-refractivity contribution is 0.0945. The lowest BCUT2D eigenvalue weighted by Gasteiger charge is -2.06. The van der Waals surface area contributed by atoms with E-state index in [1.54, 1.807) is 0 Å². The van der Waals surface area contributed by atoms with Crippen molar-refractivity contribution in [2.24, 2.45) is 5.92 Å². The van der Waals surface area contributed by atoms with Crippen molar-refractivity contribution in [1.29, 1.82) is 0 Å². The lowest BCUT2D eigenvalue weighted by Crippen LogP contribution is -2.13. The van der Waals surface area contributed by atoms with Gasteiger partial charge in [0.05, 0.1) is 13.2 Å². The fourth-order valence-electron chi connectivity index (χ4n) is 1.54. The van der Waals surface area contributed by atoms with Crippen molar-refractivity contribution in [3.8, 4) is 0 Å². The van der Waals surface area contributed by atoms with Crippen LogP contribution in [0.5, 0.6) is 0 Å². The summed E-state index contributed by atoms with van der Waals surface area (Å²) >= 11 is 0. The van der Waals surface area contributed by atoms with E-state index in [1.165, 1.54) is 5.57 Å². The molecule has 56 valence electrons. The normalized spacial score (nSPS) is 38.2. The molecule has 0 saturated carbocycles. The van der Waals surface area contributed by atoms with Gasteiger partial charge in [-0.25, -0.2) is 0 Å². The van der Waals surface area contributed by atoms with Crippen LogP contribution in [0, 0.1) is 5.92 Å². The standard InChI is InChI=1S/C8H12O2/c1-5-3-9-8-6(2)4-10-7(5)8/h5,7H,3-4H2,1-2H3. The Balaban J connectivity index is 2.27. The smallest absolute Gasteiger partial charge is 0.126 e. The Morgan fingerprint density at radius 3 is 3.00 bits per heavy atom. The summed E-state index contributed by atoms with van der Waals surface area (Å²) in [6.07, 6.45) is 0.278. The molecule has 1 saturated heterocycles. The van der Waals surface area contributed by atoms with E-state index >= 15 is 0 Å². The Hall–Kier alpha value is -0.500. The van der Waals surface area contributed by atoms with Gasteiger partial charge < -0.3 is 9.47 Å². The van der Waals surface area contributed by atoms with E-state index in [-0.39, 0.29) is 6.10 Å². The Morgan fingerprint density at radius 2 is 2.30 bits per heavy atom. The third-order valence-electron chi connectivity index (χ3n) is 2.18. The molecule has 0 spiro atoms. The fraction of sp³-hybridized carbons (Fsp3) is 0.750. The second-order valence-electron chi connectivity index (χ2n) is 3.16. The number of fused-ring (bicyclic) bond motifs is 1. The third kappa shape index (κ3) is 0.686. The van der Waals surface area contributed by atoms with Gasteiger partial charge >= 0.3 is 0 Å². The molecule has 0 bridgehead atoms. The molecule has 0 N–H and O–H groups in total. The van der Waals surface area contributed by atoms with E-state index in [9.17, 15) is 0 Å². The molecule has 0 amide bonds. The molecule has 2 aliphatic heterocycles. The molecular formula is C8H12O2. The van der Waals surface area contributed by atoms with E-state index in [4.69, 9.17) is 9.47 Å². The van der Waals surface area contributed by atoms with Crippen LogP contribution in [0.2, 0.25) is 0 Å². The van der Waals surface area contributed by atoms with Crippen LogP contribution in [0.4, 0.5) is 0 Å². The van der Waals surface area contributed by atoms with Crippen molar-refractivity contribution < 1.29 is 9.47 Å². The topological polar surface area (TPSA) is 18.5 Å². The van der Waals surface area contributed by atoms with Gasteiger partial charge in [-0.1, -0.05) is 6.92 Å². The Kier molecular flexibility index (Phi) is 1.24. The van der Waals surface area contributed by atoms with Gasteiger partial charge in [-0.2, -0.15) is 0 Å². The summed E-state index contributed by atoms with van der Waals surface area (Å²) in [6.45, 7) is 5.84. The lowest BCUT2D eigenvalue weighted by atomic mass is 10.1. The molecule has 2 heterocycles. The summed E-state index contributed by atoms with van der Waals surface area (Å²) in [4.78, 5) is 0. The molecule has 2 unspecified atom stereocenters. The van der Waals surface area contributed by atoms with Gasteiger partial charge in [0.2, 0.25) is 0 Å². The van der Waals surface area contributed by atoms with Gasteiger partial charge in [-0.3, -0.25) is 0 Å². The quantitative estimate of drug-likeness (QED) is 0.505. The summed E-state index contributed by atoms with van der Waals surface area (Å²) in [7, 11) is 0. The Labute approximate surface area is 60.8 Å². The first-order valence-corrected chi connectivity index (χ1v) is 3.73. The highest BCUT2D eigenvalue weighted by Gasteiger charge is 2.36. The monoisotopic (exact) mass is 140 g/mol. The van der Waals surface area contributed by atoms with E-state index < -0.39 is 0 Å². The van der Waals surface area contributed by atoms with Crippen LogP contribution in [-0.2, 0) is 9.47 Å². The zero-order chi connectivity index (χ0) is 7.14. The van der Waals surface area contributed by atoms with Gasteiger partial charge in [-0.05, 0) is 12.5 Å². The molecule has 0 aromatic rings. The van der Waals surface area contributed by atoms with Crippen LogP contribution >= 0.6 is 0 Å². The van der Waals surface area contributed by atoms with E-state index in [2.05, 4.69) is 13.8 Å². The predicted molar refractivity (Wildman–Crippen MR) is 37.6 cm³/mol. The second-order valence-corrected chi connectivity index (χ2v) is 3.16. The van der Waals surface area contributed by atoms with Crippen LogP contribution in [-0.4, -0.2) is 19.3 Å². The minimum Gasteiger partial charge on any atom is -0.495 e. The zero-order valence-electron chi connectivity index (χ0n) is 6.39. The number of ether oxygens (including phenoxy) is 2. The minimum absolute atomic E-state index is 0.278. The van der Waals surface area contributed by atoms with Crippen molar-refractivity contribution in [1.82, 2.24) is 0 Å². The van der Waals surface area contributed by atoms with Crippen molar-refractivity contribution in [3.05, 3.63) is 11.3 Å². The highest BCUT2D eigenvalue weighted by atomic mass is 16.6. The van der Waals surface area contributed by atoms with Crippen molar-refractivity contribution in [2.45, 2.75) is 20.0 Å². The first-order valence-electron chi connectivity index (χ1n) is 3.73. The number of rotatable bonds is 0. The fourth-order valence-corrected chi connectivity index (χ4v) is 1.54. The molecule has 2 nitrogen and oxygen atoms in total. The van der Waals surface area contributed by atoms with Crippen LogP contribution in [0.25, 0.3) is 0 Å². The van der Waals surface area contributed by atoms with Gasteiger partial charge in [0.25, 0.3) is 0 Å². The summed E-state index contributed by atoms with van der Waals surface area (Å²) in [6, 6.07) is 0. The van der Waals surface area contributed by atoms with E-state index in [0.29, 0.717) is 5.92 Å². The average molecular weight is 140 g/mol. The van der Waals surface area contributed by atoms with Crippen molar-refractivity contribution in [2.75, 3.05) is 13.2 Å². The molecule has 0 aromatic carbocycles. The van der Waals surface area contributed by atoms with Crippen LogP contribution in [0.1, 0.15) is 13.8 Å². The highest BCUT2D eigenvalue weighted by Crippen LogP contribution is 2.33. The first-order chi connectivity index (χ1) is 4.79. The van der Waals surface area contributed by atoms with Gasteiger partial charge in [0.1, 0.15) is 11.9 Å². The molecule has 0 aromatic heterocycles. The molecular weight excluding hydrogens is 128 g/mol. The largest absolute Gasteiger partial charge is 0.495 e. The molecule has 2 rings (SSSR count). The van der Waals surface area contributed by atoms with Gasteiger partial charge in [-0.15, -0.1) is 0 Å². The summed E-state index contributed by atoms with van der Waals surface area (Å²) in [5, 5.41) is 0. The third-order valence-corrected chi connectivity index (χ3v) is 2.18. The zero-order valence-corrected chi connectivity index (χ0v) is 6.39. The molecule has 0 aliphatic carbocycles. The summed E-state index contributed by atoms with van der Waals surface area (Å²) in [5.74, 6) is 1.65. The second kappa shape index (κ2) is 1.99. The predicted octanol–water partition coefficient (Wildman–Crippen LogP) is 1.33. The first kappa shape index (κ1) is 6.23. The van der Waals surface area contributed by atoms with E-state index in [1.807, 2.05) is 0 Å². The maximum absolute atomic E-state index is 5.50. The summed E-state index contributed by atoms with van der Waals surface area (Å²) < 4.78 is 11.0. The van der Waals surface area contributed by atoms with Crippen LogP contribution in [0.3, 0.4) is 0 Å². The molecule has 2 heteroatoms. The highest BCUT2D eigenvalue weighted by molar-refractivity contribution is 5.19. The number of hydrogen-bond donors (Lipinski definition) is 0. The molecule has 1 fully saturated rings. The number of hydrogen-bond acceptors (Lipinski definition) is 2. The molecule has 2 aliphatic rings. The van der Waals surface area contributed by atoms with Crippen molar-refractivity contribution >= 4 is 0 Å². The molecule has 10 heavy (non-hydrogen) atoms. The van der Waals surface area contributed by atoms with Crippen LogP contribution < -0.4 is 0 Å². The molecule has 2 atom stereocenters. The molecule has 0 radical (unpaired) electrons. The van der Waals surface area contributed by atoms with E-state index in [0.717, 1.165) is 19.0 Å². The average Bonchev–Trinajstić information content (AvgIpc) is 2.41. The van der Waals surface area contributed by atoms with Gasteiger partial charge in [0.15, 0.2) is 0 Å². The Morgan fingerprint density at radius 1 is 1.50 bits per heavy atom. The summed E-state index contributed by atoms with van der Waals surface area (Å²) in [5.41, 5.74) is 1.27. The van der Waals surface area contributed by atoms with Crippen LogP contribution in [0.15, 0.2) is 11.3 Å². The van der Waals surface area contributed by atoms with Crippen molar-refractivity contribution in [3.63, 3.8) is 0 Å². The maximum atomic E-state index is 5.50. The minimum atomic E-state index is 0.278.